The molecule has 0 atom stereocenters. The molecular formula is C11H18N2OS. The summed E-state index contributed by atoms with van der Waals surface area (Å²) in [5.74, 6) is 0.733. The molecule has 84 valence electrons. The molecule has 0 unspecified atom stereocenters. The van der Waals surface area contributed by atoms with Gasteiger partial charge in [-0.15, -0.1) is 11.3 Å². The molecule has 0 bridgehead atoms. The Morgan fingerprint density at radius 1 is 1.53 bits per heavy atom. The molecule has 1 fully saturated rings. The predicted octanol–water partition coefficient (Wildman–Crippen LogP) is 2.28. The van der Waals surface area contributed by atoms with E-state index in [2.05, 4.69) is 5.32 Å². The zero-order valence-electron chi connectivity index (χ0n) is 9.38. The van der Waals surface area contributed by atoms with Crippen LogP contribution in [0.4, 0.5) is 0 Å². The SMILES string of the molecule is CNCc1sc(C2CCC2)nc1COC. The fourth-order valence-corrected chi connectivity index (χ4v) is 3.03. The summed E-state index contributed by atoms with van der Waals surface area (Å²) in [6.45, 7) is 1.54. The van der Waals surface area contributed by atoms with E-state index < -0.39 is 0 Å². The first-order valence-corrected chi connectivity index (χ1v) is 6.28. The molecule has 15 heavy (non-hydrogen) atoms. The quantitative estimate of drug-likeness (QED) is 0.836. The summed E-state index contributed by atoms with van der Waals surface area (Å²) in [5, 5.41) is 4.50. The molecule has 1 aliphatic carbocycles. The highest BCUT2D eigenvalue weighted by atomic mass is 32.1. The van der Waals surface area contributed by atoms with Crippen molar-refractivity contribution in [1.29, 1.82) is 0 Å². The zero-order chi connectivity index (χ0) is 10.7. The first-order valence-electron chi connectivity index (χ1n) is 5.47. The van der Waals surface area contributed by atoms with Crippen LogP contribution >= 0.6 is 11.3 Å². The third-order valence-electron chi connectivity index (χ3n) is 2.87. The van der Waals surface area contributed by atoms with Crippen molar-refractivity contribution in [3.8, 4) is 0 Å². The van der Waals surface area contributed by atoms with Crippen molar-refractivity contribution in [2.45, 2.75) is 38.3 Å². The largest absolute Gasteiger partial charge is 0.378 e. The van der Waals surface area contributed by atoms with Crippen LogP contribution in [0.2, 0.25) is 0 Å². The highest BCUT2D eigenvalue weighted by molar-refractivity contribution is 7.11. The lowest BCUT2D eigenvalue weighted by molar-refractivity contribution is 0.181. The molecular weight excluding hydrogens is 208 g/mol. The normalized spacial score (nSPS) is 16.7. The second-order valence-corrected chi connectivity index (χ2v) is 5.13. The molecule has 1 aromatic heterocycles. The topological polar surface area (TPSA) is 34.2 Å². The van der Waals surface area contributed by atoms with Crippen molar-refractivity contribution in [3.05, 3.63) is 15.6 Å². The summed E-state index contributed by atoms with van der Waals surface area (Å²) in [7, 11) is 3.70. The molecule has 1 aromatic rings. The molecule has 1 heterocycles. The van der Waals surface area contributed by atoms with Gasteiger partial charge < -0.3 is 10.1 Å². The van der Waals surface area contributed by atoms with Gasteiger partial charge in [-0.25, -0.2) is 4.98 Å². The Bertz CT molecular complexity index is 297. The number of methoxy groups -OCH3 is 1. The van der Waals surface area contributed by atoms with E-state index in [1.807, 2.05) is 18.4 Å². The average Bonchev–Trinajstić information content (AvgIpc) is 2.47. The number of ether oxygens (including phenoxy) is 1. The van der Waals surface area contributed by atoms with Gasteiger partial charge >= 0.3 is 0 Å². The fraction of sp³-hybridized carbons (Fsp3) is 0.727. The van der Waals surface area contributed by atoms with Gasteiger partial charge in [0.2, 0.25) is 0 Å². The van der Waals surface area contributed by atoms with Crippen LogP contribution < -0.4 is 5.32 Å². The number of nitrogens with one attached hydrogen (secondary N) is 1. The first kappa shape index (κ1) is 11.0. The molecule has 0 aromatic carbocycles. The first-order chi connectivity index (χ1) is 7.35. The summed E-state index contributed by atoms with van der Waals surface area (Å²) in [4.78, 5) is 6.03. The molecule has 1 aliphatic rings. The zero-order valence-corrected chi connectivity index (χ0v) is 10.2. The van der Waals surface area contributed by atoms with Gasteiger partial charge in [-0.1, -0.05) is 6.42 Å². The molecule has 0 aliphatic heterocycles. The molecule has 0 saturated heterocycles. The summed E-state index contributed by atoms with van der Waals surface area (Å²) >= 11 is 1.85. The van der Waals surface area contributed by atoms with E-state index in [0.717, 1.165) is 18.2 Å². The minimum Gasteiger partial charge on any atom is -0.378 e. The Kier molecular flexibility index (Phi) is 3.72. The van der Waals surface area contributed by atoms with Gasteiger partial charge in [0, 0.05) is 24.4 Å². The lowest BCUT2D eigenvalue weighted by atomic mass is 9.86. The Labute approximate surface area is 94.9 Å². The summed E-state index contributed by atoms with van der Waals surface area (Å²) in [5.41, 5.74) is 1.12. The van der Waals surface area contributed by atoms with Crippen LogP contribution in [0.25, 0.3) is 0 Å². The van der Waals surface area contributed by atoms with Crippen LogP contribution in [0.5, 0.6) is 0 Å². The van der Waals surface area contributed by atoms with Crippen LogP contribution in [0.3, 0.4) is 0 Å². The fourth-order valence-electron chi connectivity index (χ4n) is 1.78. The van der Waals surface area contributed by atoms with Crippen LogP contribution in [0, 0.1) is 0 Å². The monoisotopic (exact) mass is 226 g/mol. The van der Waals surface area contributed by atoms with Gasteiger partial charge in [0.1, 0.15) is 0 Å². The molecule has 3 nitrogen and oxygen atoms in total. The van der Waals surface area contributed by atoms with Gasteiger partial charge in [0.25, 0.3) is 0 Å². The van der Waals surface area contributed by atoms with E-state index in [-0.39, 0.29) is 0 Å². The third-order valence-corrected chi connectivity index (χ3v) is 4.13. The van der Waals surface area contributed by atoms with Gasteiger partial charge in [-0.3, -0.25) is 0 Å². The van der Waals surface area contributed by atoms with Crippen molar-refractivity contribution in [2.75, 3.05) is 14.2 Å². The lowest BCUT2D eigenvalue weighted by Crippen LogP contribution is -2.08. The Morgan fingerprint density at radius 2 is 2.33 bits per heavy atom. The van der Waals surface area contributed by atoms with Crippen LogP contribution in [-0.4, -0.2) is 19.1 Å². The standard InChI is InChI=1S/C11H18N2OS/c1-12-6-10-9(7-14-2)13-11(15-10)8-4-3-5-8/h8,12H,3-7H2,1-2H3. The minimum atomic E-state index is 0.639. The Morgan fingerprint density at radius 3 is 2.87 bits per heavy atom. The maximum Gasteiger partial charge on any atom is 0.0963 e. The number of hydrogen-bond donors (Lipinski definition) is 1. The second kappa shape index (κ2) is 5.05. The van der Waals surface area contributed by atoms with E-state index in [1.54, 1.807) is 7.11 Å². The van der Waals surface area contributed by atoms with Gasteiger partial charge in [-0.2, -0.15) is 0 Å². The van der Waals surface area contributed by atoms with Gasteiger partial charge in [-0.05, 0) is 19.9 Å². The number of thiazole rings is 1. The number of aromatic nitrogens is 1. The van der Waals surface area contributed by atoms with Gasteiger partial charge in [0.05, 0.1) is 17.3 Å². The molecule has 0 radical (unpaired) electrons. The van der Waals surface area contributed by atoms with Crippen molar-refractivity contribution < 1.29 is 4.74 Å². The van der Waals surface area contributed by atoms with E-state index in [9.17, 15) is 0 Å². The summed E-state index contributed by atoms with van der Waals surface area (Å²) in [6, 6.07) is 0. The van der Waals surface area contributed by atoms with Crippen LogP contribution in [0.15, 0.2) is 0 Å². The Balaban J connectivity index is 2.14. The molecule has 2 rings (SSSR count). The van der Waals surface area contributed by atoms with Crippen molar-refractivity contribution >= 4 is 11.3 Å². The number of rotatable bonds is 5. The molecule has 4 heteroatoms. The smallest absolute Gasteiger partial charge is 0.0963 e. The average molecular weight is 226 g/mol. The van der Waals surface area contributed by atoms with E-state index in [1.165, 1.54) is 29.1 Å². The predicted molar refractivity (Wildman–Crippen MR) is 62.2 cm³/mol. The lowest BCUT2D eigenvalue weighted by Gasteiger charge is -2.22. The van der Waals surface area contributed by atoms with Crippen molar-refractivity contribution in [1.82, 2.24) is 10.3 Å². The maximum absolute atomic E-state index is 5.18. The third kappa shape index (κ3) is 2.38. The number of hydrogen-bond acceptors (Lipinski definition) is 4. The highest BCUT2D eigenvalue weighted by Gasteiger charge is 2.24. The second-order valence-electron chi connectivity index (χ2n) is 4.01. The van der Waals surface area contributed by atoms with Crippen molar-refractivity contribution in [2.24, 2.45) is 0 Å². The van der Waals surface area contributed by atoms with E-state index in [4.69, 9.17) is 9.72 Å². The Hall–Kier alpha value is -0.450. The van der Waals surface area contributed by atoms with E-state index >= 15 is 0 Å². The van der Waals surface area contributed by atoms with Crippen LogP contribution in [0.1, 0.15) is 40.8 Å². The van der Waals surface area contributed by atoms with E-state index in [0.29, 0.717) is 6.61 Å². The summed E-state index contributed by atoms with van der Waals surface area (Å²) in [6.07, 6.45) is 4.00. The van der Waals surface area contributed by atoms with Crippen molar-refractivity contribution in [3.63, 3.8) is 0 Å². The number of nitrogens with zero attached hydrogens (tertiary/aromatic N) is 1. The molecule has 1 N–H and O–H groups in total. The maximum atomic E-state index is 5.18. The van der Waals surface area contributed by atoms with Crippen LogP contribution in [-0.2, 0) is 17.9 Å². The molecule has 0 spiro atoms. The molecule has 0 amide bonds. The molecule has 1 saturated carbocycles. The highest BCUT2D eigenvalue weighted by Crippen LogP contribution is 2.39. The minimum absolute atomic E-state index is 0.639. The summed E-state index contributed by atoms with van der Waals surface area (Å²) < 4.78 is 5.18. The van der Waals surface area contributed by atoms with Gasteiger partial charge in [0.15, 0.2) is 0 Å².